The van der Waals surface area contributed by atoms with Crippen LogP contribution in [0.2, 0.25) is 0 Å². The first-order valence-corrected chi connectivity index (χ1v) is 12.7. The standard InChI is InChI=1S/C19H23N5O3S2/c1-28(25)16-5-3-14(4-6-16)17-13-20-19-8-7-18(22-24(17)19)21-15-9-11-23(12-10-15)29(2,26)27/h3-8,13,15H,9-12H2,1-2H3,(H,21,22). The van der Waals surface area contributed by atoms with E-state index in [2.05, 4.69) is 15.4 Å². The molecule has 1 aliphatic heterocycles. The number of aromatic nitrogens is 3. The van der Waals surface area contributed by atoms with Crippen LogP contribution in [-0.4, -0.2) is 63.2 Å². The summed E-state index contributed by atoms with van der Waals surface area (Å²) in [6.07, 6.45) is 6.15. The molecule has 0 spiro atoms. The molecule has 0 saturated carbocycles. The lowest BCUT2D eigenvalue weighted by Gasteiger charge is -2.30. The maximum Gasteiger partial charge on any atom is 0.211 e. The third-order valence-corrected chi connectivity index (χ3v) is 7.36. The van der Waals surface area contributed by atoms with Crippen molar-refractivity contribution in [3.8, 4) is 11.3 Å². The predicted molar refractivity (Wildman–Crippen MR) is 114 cm³/mol. The Balaban J connectivity index is 1.54. The summed E-state index contributed by atoms with van der Waals surface area (Å²) in [7, 11) is -4.15. The SMILES string of the molecule is CS(=O)c1ccc(-c2cnc3ccc(NC4CCN(S(C)(=O)=O)CC4)nn23)cc1. The maximum atomic E-state index is 11.7. The molecule has 3 heterocycles. The number of rotatable bonds is 5. The number of hydrogen-bond acceptors (Lipinski definition) is 6. The molecule has 2 aromatic heterocycles. The first-order chi connectivity index (χ1) is 13.8. The molecule has 0 amide bonds. The Bertz CT molecular complexity index is 1150. The highest BCUT2D eigenvalue weighted by atomic mass is 32.2. The first kappa shape index (κ1) is 20.0. The highest BCUT2D eigenvalue weighted by Gasteiger charge is 2.25. The number of anilines is 1. The number of piperidine rings is 1. The predicted octanol–water partition coefficient (Wildman–Crippen LogP) is 1.97. The van der Waals surface area contributed by atoms with E-state index >= 15 is 0 Å². The van der Waals surface area contributed by atoms with E-state index in [0.29, 0.717) is 13.1 Å². The van der Waals surface area contributed by atoms with Crippen LogP contribution in [0.25, 0.3) is 16.9 Å². The van der Waals surface area contributed by atoms with E-state index < -0.39 is 20.8 Å². The van der Waals surface area contributed by atoms with Gasteiger partial charge in [-0.1, -0.05) is 12.1 Å². The van der Waals surface area contributed by atoms with Crippen molar-refractivity contribution in [2.45, 2.75) is 23.8 Å². The Morgan fingerprint density at radius 1 is 1.10 bits per heavy atom. The number of hydrogen-bond donors (Lipinski definition) is 1. The third kappa shape index (κ3) is 4.34. The van der Waals surface area contributed by atoms with Crippen LogP contribution in [0.15, 0.2) is 47.5 Å². The van der Waals surface area contributed by atoms with Crippen LogP contribution in [0.1, 0.15) is 12.8 Å². The van der Waals surface area contributed by atoms with Gasteiger partial charge in [0.1, 0.15) is 5.82 Å². The minimum absolute atomic E-state index is 0.170. The number of imidazole rings is 1. The molecule has 1 aliphatic rings. The van der Waals surface area contributed by atoms with Gasteiger partial charge < -0.3 is 5.32 Å². The number of benzene rings is 1. The average molecular weight is 434 g/mol. The van der Waals surface area contributed by atoms with Crippen LogP contribution in [0.3, 0.4) is 0 Å². The second-order valence-corrected chi connectivity index (χ2v) is 10.6. The molecule has 3 aromatic rings. The number of nitrogens with zero attached hydrogens (tertiary/aromatic N) is 4. The van der Waals surface area contributed by atoms with Gasteiger partial charge in [-0.15, -0.1) is 5.10 Å². The zero-order valence-corrected chi connectivity index (χ0v) is 17.9. The second kappa shape index (κ2) is 7.85. The highest BCUT2D eigenvalue weighted by Crippen LogP contribution is 2.23. The molecule has 4 rings (SSSR count). The Morgan fingerprint density at radius 3 is 2.41 bits per heavy atom. The average Bonchev–Trinajstić information content (AvgIpc) is 3.11. The van der Waals surface area contributed by atoms with E-state index in [4.69, 9.17) is 0 Å². The zero-order valence-electron chi connectivity index (χ0n) is 16.3. The van der Waals surface area contributed by atoms with Crippen LogP contribution >= 0.6 is 0 Å². The molecule has 10 heteroatoms. The Labute approximate surface area is 172 Å². The molecule has 1 atom stereocenters. The minimum atomic E-state index is -3.13. The number of nitrogens with one attached hydrogen (secondary N) is 1. The zero-order chi connectivity index (χ0) is 20.6. The third-order valence-electron chi connectivity index (χ3n) is 5.12. The summed E-state index contributed by atoms with van der Waals surface area (Å²) in [5.74, 6) is 0.723. The lowest BCUT2D eigenvalue weighted by molar-refractivity contribution is 0.331. The molecular weight excluding hydrogens is 410 g/mol. The fourth-order valence-electron chi connectivity index (χ4n) is 3.51. The van der Waals surface area contributed by atoms with Crippen molar-refractivity contribution in [1.29, 1.82) is 0 Å². The van der Waals surface area contributed by atoms with Gasteiger partial charge in [0, 0.05) is 46.6 Å². The molecule has 1 N–H and O–H groups in total. The van der Waals surface area contributed by atoms with Crippen LogP contribution in [0.5, 0.6) is 0 Å². The molecule has 0 bridgehead atoms. The molecule has 1 fully saturated rings. The molecule has 1 unspecified atom stereocenters. The molecule has 0 aliphatic carbocycles. The van der Waals surface area contributed by atoms with E-state index in [9.17, 15) is 12.6 Å². The van der Waals surface area contributed by atoms with Gasteiger partial charge in [0.2, 0.25) is 10.0 Å². The van der Waals surface area contributed by atoms with Gasteiger partial charge in [-0.25, -0.2) is 22.2 Å². The smallest absolute Gasteiger partial charge is 0.211 e. The molecular formula is C19H23N5O3S2. The maximum absolute atomic E-state index is 11.7. The fourth-order valence-corrected chi connectivity index (χ4v) is 4.90. The molecule has 8 nitrogen and oxygen atoms in total. The van der Waals surface area contributed by atoms with E-state index in [-0.39, 0.29) is 6.04 Å². The highest BCUT2D eigenvalue weighted by molar-refractivity contribution is 7.88. The van der Waals surface area contributed by atoms with Gasteiger partial charge in [0.15, 0.2) is 5.65 Å². The normalized spacial score (nSPS) is 17.4. The van der Waals surface area contributed by atoms with E-state index in [1.807, 2.05) is 36.4 Å². The summed E-state index contributed by atoms with van der Waals surface area (Å²) in [5, 5.41) is 8.10. The molecule has 29 heavy (non-hydrogen) atoms. The van der Waals surface area contributed by atoms with Crippen molar-refractivity contribution in [3.63, 3.8) is 0 Å². The van der Waals surface area contributed by atoms with Crippen LogP contribution < -0.4 is 5.32 Å². The Hall–Kier alpha value is -2.30. The largest absolute Gasteiger partial charge is 0.366 e. The van der Waals surface area contributed by atoms with Crippen molar-refractivity contribution in [1.82, 2.24) is 18.9 Å². The van der Waals surface area contributed by atoms with Gasteiger partial charge in [-0.05, 0) is 37.1 Å². The quantitative estimate of drug-likeness (QED) is 0.661. The van der Waals surface area contributed by atoms with Crippen LogP contribution in [0, 0.1) is 0 Å². The summed E-state index contributed by atoms with van der Waals surface area (Å²) >= 11 is 0. The van der Waals surface area contributed by atoms with E-state index in [1.54, 1.807) is 17.0 Å². The topological polar surface area (TPSA) is 96.7 Å². The number of fused-ring (bicyclic) bond motifs is 1. The van der Waals surface area contributed by atoms with Crippen molar-refractivity contribution in [3.05, 3.63) is 42.6 Å². The summed E-state index contributed by atoms with van der Waals surface area (Å²) in [4.78, 5) is 5.19. The summed E-state index contributed by atoms with van der Waals surface area (Å²) in [6.45, 7) is 1.03. The van der Waals surface area contributed by atoms with Gasteiger partial charge in [0.25, 0.3) is 0 Å². The Kier molecular flexibility index (Phi) is 5.41. The van der Waals surface area contributed by atoms with Crippen molar-refractivity contribution < 1.29 is 12.6 Å². The monoisotopic (exact) mass is 433 g/mol. The first-order valence-electron chi connectivity index (χ1n) is 9.31. The van der Waals surface area contributed by atoms with Crippen molar-refractivity contribution >= 4 is 32.3 Å². The van der Waals surface area contributed by atoms with Crippen molar-refractivity contribution in [2.75, 3.05) is 30.9 Å². The lowest BCUT2D eigenvalue weighted by atomic mass is 10.1. The molecule has 154 valence electrons. The van der Waals surface area contributed by atoms with Gasteiger partial charge >= 0.3 is 0 Å². The van der Waals surface area contributed by atoms with Gasteiger partial charge in [-0.2, -0.15) is 0 Å². The number of sulfonamides is 1. The molecule has 1 aromatic carbocycles. The summed E-state index contributed by atoms with van der Waals surface area (Å²) in [6, 6.07) is 11.5. The molecule has 0 radical (unpaired) electrons. The van der Waals surface area contributed by atoms with Gasteiger partial charge in [0.05, 0.1) is 18.1 Å². The van der Waals surface area contributed by atoms with E-state index in [0.717, 1.165) is 40.5 Å². The van der Waals surface area contributed by atoms with Crippen LogP contribution in [0.4, 0.5) is 5.82 Å². The summed E-state index contributed by atoms with van der Waals surface area (Å²) in [5.41, 5.74) is 2.53. The Morgan fingerprint density at radius 2 is 1.79 bits per heavy atom. The van der Waals surface area contributed by atoms with E-state index in [1.165, 1.54) is 10.6 Å². The van der Waals surface area contributed by atoms with Crippen molar-refractivity contribution in [2.24, 2.45) is 0 Å². The minimum Gasteiger partial charge on any atom is -0.366 e. The molecule has 1 saturated heterocycles. The fraction of sp³-hybridized carbons (Fsp3) is 0.368. The van der Waals surface area contributed by atoms with Crippen LogP contribution in [-0.2, 0) is 20.8 Å². The summed E-state index contributed by atoms with van der Waals surface area (Å²) < 4.78 is 38.2. The van der Waals surface area contributed by atoms with Gasteiger partial charge in [-0.3, -0.25) is 4.21 Å². The second-order valence-electron chi connectivity index (χ2n) is 7.19. The lowest BCUT2D eigenvalue weighted by Crippen LogP contribution is -2.41.